The molecular formula is C9H21NO. The zero-order valence-electron chi connectivity index (χ0n) is 8.40. The summed E-state index contributed by atoms with van der Waals surface area (Å²) in [7, 11) is 1.70. The van der Waals surface area contributed by atoms with Gasteiger partial charge in [-0.1, -0.05) is 27.7 Å². The van der Waals surface area contributed by atoms with Crippen molar-refractivity contribution in [3.8, 4) is 0 Å². The Hall–Kier alpha value is -0.0800. The van der Waals surface area contributed by atoms with Gasteiger partial charge in [0.15, 0.2) is 0 Å². The van der Waals surface area contributed by atoms with Gasteiger partial charge in [0, 0.05) is 13.7 Å². The Morgan fingerprint density at radius 3 is 2.27 bits per heavy atom. The van der Waals surface area contributed by atoms with Gasteiger partial charge in [0.25, 0.3) is 0 Å². The maximum atomic E-state index is 4.91. The summed E-state index contributed by atoms with van der Waals surface area (Å²) >= 11 is 0. The van der Waals surface area contributed by atoms with Crippen LogP contribution >= 0.6 is 0 Å². The Bertz CT molecular complexity index is 99.7. The summed E-state index contributed by atoms with van der Waals surface area (Å²) in [6.07, 6.45) is 0. The van der Waals surface area contributed by atoms with E-state index in [9.17, 15) is 0 Å². The van der Waals surface area contributed by atoms with E-state index in [-0.39, 0.29) is 0 Å². The van der Waals surface area contributed by atoms with Crippen molar-refractivity contribution in [3.05, 3.63) is 0 Å². The van der Waals surface area contributed by atoms with Gasteiger partial charge in [-0.2, -0.15) is 0 Å². The van der Waals surface area contributed by atoms with Gasteiger partial charge in [0.1, 0.15) is 0 Å². The predicted octanol–water partition coefficient (Wildman–Crippen LogP) is 1.86. The van der Waals surface area contributed by atoms with Crippen molar-refractivity contribution in [3.63, 3.8) is 0 Å². The van der Waals surface area contributed by atoms with Crippen LogP contribution in [0.4, 0.5) is 0 Å². The van der Waals surface area contributed by atoms with Gasteiger partial charge in [0.05, 0.1) is 6.73 Å². The summed E-state index contributed by atoms with van der Waals surface area (Å²) in [5.41, 5.74) is 0.360. The fraction of sp³-hybridized carbons (Fsp3) is 1.00. The molecule has 2 heteroatoms. The van der Waals surface area contributed by atoms with Crippen LogP contribution in [0.25, 0.3) is 0 Å². The number of ether oxygens (including phenoxy) is 1. The van der Waals surface area contributed by atoms with Gasteiger partial charge in [0.2, 0.25) is 0 Å². The van der Waals surface area contributed by atoms with Crippen LogP contribution in [0.2, 0.25) is 0 Å². The molecule has 0 radical (unpaired) electrons. The average molecular weight is 159 g/mol. The summed E-state index contributed by atoms with van der Waals surface area (Å²) in [5, 5.41) is 3.23. The zero-order valence-corrected chi connectivity index (χ0v) is 8.40. The number of hydrogen-bond donors (Lipinski definition) is 1. The van der Waals surface area contributed by atoms with Gasteiger partial charge in [-0.25, -0.2) is 0 Å². The molecule has 0 aliphatic carbocycles. The lowest BCUT2D eigenvalue weighted by atomic mass is 9.81. The van der Waals surface area contributed by atoms with Crippen LogP contribution in [0.5, 0.6) is 0 Å². The van der Waals surface area contributed by atoms with Crippen molar-refractivity contribution in [1.82, 2.24) is 5.32 Å². The molecule has 0 amide bonds. The van der Waals surface area contributed by atoms with Crippen LogP contribution in [-0.2, 0) is 4.74 Å². The first-order chi connectivity index (χ1) is 5.00. The van der Waals surface area contributed by atoms with Crippen molar-refractivity contribution in [2.75, 3.05) is 20.4 Å². The largest absolute Gasteiger partial charge is 0.370 e. The third-order valence-corrected chi connectivity index (χ3v) is 2.39. The van der Waals surface area contributed by atoms with Crippen LogP contribution in [0.15, 0.2) is 0 Å². The Morgan fingerprint density at radius 2 is 1.91 bits per heavy atom. The maximum Gasteiger partial charge on any atom is 0.0961 e. The Balaban J connectivity index is 3.55. The fourth-order valence-corrected chi connectivity index (χ4v) is 0.679. The monoisotopic (exact) mass is 159 g/mol. The fourth-order valence-electron chi connectivity index (χ4n) is 0.679. The normalized spacial score (nSPS) is 12.5. The molecular weight excluding hydrogens is 138 g/mol. The summed E-state index contributed by atoms with van der Waals surface area (Å²) in [4.78, 5) is 0. The van der Waals surface area contributed by atoms with E-state index in [0.717, 1.165) is 6.54 Å². The summed E-state index contributed by atoms with van der Waals surface area (Å²) in [6, 6.07) is 0. The highest BCUT2D eigenvalue weighted by atomic mass is 16.5. The highest BCUT2D eigenvalue weighted by molar-refractivity contribution is 4.73. The first-order valence-corrected chi connectivity index (χ1v) is 4.20. The number of methoxy groups -OCH3 is 1. The standard InChI is InChI=1S/C9H21NO/c1-8(2)9(3,4)6-10-7-11-5/h8,10H,6-7H2,1-5H3. The van der Waals surface area contributed by atoms with Crippen molar-refractivity contribution >= 4 is 0 Å². The van der Waals surface area contributed by atoms with Crippen molar-refractivity contribution in [2.24, 2.45) is 11.3 Å². The lowest BCUT2D eigenvalue weighted by Gasteiger charge is -2.29. The quantitative estimate of drug-likeness (QED) is 0.488. The highest BCUT2D eigenvalue weighted by Crippen LogP contribution is 2.24. The third kappa shape index (κ3) is 4.38. The van der Waals surface area contributed by atoms with Gasteiger partial charge in [-0.15, -0.1) is 0 Å². The number of rotatable bonds is 5. The van der Waals surface area contributed by atoms with Gasteiger partial charge in [-0.05, 0) is 11.3 Å². The molecule has 0 aliphatic rings. The van der Waals surface area contributed by atoms with Crippen molar-refractivity contribution in [1.29, 1.82) is 0 Å². The Morgan fingerprint density at radius 1 is 1.36 bits per heavy atom. The van der Waals surface area contributed by atoms with E-state index in [4.69, 9.17) is 4.74 Å². The van der Waals surface area contributed by atoms with E-state index < -0.39 is 0 Å². The molecule has 0 aromatic heterocycles. The molecule has 0 unspecified atom stereocenters. The molecule has 2 nitrogen and oxygen atoms in total. The van der Waals surface area contributed by atoms with Crippen LogP contribution in [0.1, 0.15) is 27.7 Å². The second-order valence-electron chi connectivity index (χ2n) is 4.00. The average Bonchev–Trinajstić information content (AvgIpc) is 1.88. The van der Waals surface area contributed by atoms with E-state index in [1.54, 1.807) is 7.11 Å². The van der Waals surface area contributed by atoms with E-state index in [0.29, 0.717) is 18.1 Å². The molecule has 0 fully saturated rings. The van der Waals surface area contributed by atoms with Crippen LogP contribution in [-0.4, -0.2) is 20.4 Å². The summed E-state index contributed by atoms with van der Waals surface area (Å²) in [6.45, 7) is 10.7. The van der Waals surface area contributed by atoms with Gasteiger partial charge >= 0.3 is 0 Å². The minimum absolute atomic E-state index is 0.360. The molecule has 0 saturated heterocycles. The van der Waals surface area contributed by atoms with E-state index in [1.807, 2.05) is 0 Å². The lowest BCUT2D eigenvalue weighted by Crippen LogP contribution is -2.34. The number of hydrogen-bond acceptors (Lipinski definition) is 2. The van der Waals surface area contributed by atoms with Gasteiger partial charge < -0.3 is 4.74 Å². The molecule has 0 aromatic rings. The second-order valence-corrected chi connectivity index (χ2v) is 4.00. The maximum absolute atomic E-state index is 4.91. The Labute approximate surface area is 70.3 Å². The SMILES string of the molecule is COCNCC(C)(C)C(C)C. The molecule has 0 spiro atoms. The lowest BCUT2D eigenvalue weighted by molar-refractivity contribution is 0.146. The predicted molar refractivity (Wildman–Crippen MR) is 48.5 cm³/mol. The smallest absolute Gasteiger partial charge is 0.0961 e. The van der Waals surface area contributed by atoms with Crippen molar-refractivity contribution < 1.29 is 4.74 Å². The molecule has 1 N–H and O–H groups in total. The third-order valence-electron chi connectivity index (χ3n) is 2.39. The minimum atomic E-state index is 0.360. The molecule has 11 heavy (non-hydrogen) atoms. The minimum Gasteiger partial charge on any atom is -0.370 e. The Kier molecular flexibility index (Phi) is 4.69. The molecule has 0 rings (SSSR count). The van der Waals surface area contributed by atoms with Crippen molar-refractivity contribution in [2.45, 2.75) is 27.7 Å². The molecule has 0 bridgehead atoms. The summed E-state index contributed by atoms with van der Waals surface area (Å²) < 4.78 is 4.91. The second kappa shape index (κ2) is 4.73. The molecule has 0 aliphatic heterocycles. The van der Waals surface area contributed by atoms with Gasteiger partial charge in [-0.3, -0.25) is 5.32 Å². The first-order valence-electron chi connectivity index (χ1n) is 4.20. The molecule has 0 aromatic carbocycles. The number of nitrogens with one attached hydrogen (secondary N) is 1. The van der Waals surface area contributed by atoms with E-state index >= 15 is 0 Å². The molecule has 0 atom stereocenters. The molecule has 0 heterocycles. The van der Waals surface area contributed by atoms with Crippen LogP contribution in [0.3, 0.4) is 0 Å². The van der Waals surface area contributed by atoms with Crippen LogP contribution in [0, 0.1) is 11.3 Å². The van der Waals surface area contributed by atoms with Crippen LogP contribution < -0.4 is 5.32 Å². The molecule has 0 saturated carbocycles. The first kappa shape index (κ1) is 10.9. The topological polar surface area (TPSA) is 21.3 Å². The van der Waals surface area contributed by atoms with E-state index in [2.05, 4.69) is 33.0 Å². The van der Waals surface area contributed by atoms with E-state index in [1.165, 1.54) is 0 Å². The summed E-state index contributed by atoms with van der Waals surface area (Å²) in [5.74, 6) is 0.701. The highest BCUT2D eigenvalue weighted by Gasteiger charge is 2.21. The zero-order chi connectivity index (χ0) is 8.91. The molecule has 68 valence electrons.